The van der Waals surface area contributed by atoms with Crippen LogP contribution in [0.5, 0.6) is 11.9 Å². The maximum absolute atomic E-state index is 16.8. The zero-order valence-corrected chi connectivity index (χ0v) is 27.1. The molecule has 4 atom stereocenters. The van der Waals surface area contributed by atoms with Crippen LogP contribution in [0.1, 0.15) is 56.6 Å². The number of nitrogens with one attached hydrogen (secondary N) is 1. The summed E-state index contributed by atoms with van der Waals surface area (Å²) in [6.45, 7) is 5.83. The lowest BCUT2D eigenvalue weighted by molar-refractivity contribution is -0.137. The molecule has 2 aromatic heterocycles. The molecule has 0 amide bonds. The Balaban J connectivity index is 1.24. The van der Waals surface area contributed by atoms with E-state index < -0.39 is 52.0 Å². The molecule has 8 rings (SSSR count). The second-order valence-corrected chi connectivity index (χ2v) is 14.3. The number of likely N-dealkylation sites (tertiary alicyclic amines) is 1. The maximum Gasteiger partial charge on any atom is 0.417 e. The largest absolute Gasteiger partial charge is 0.472 e. The van der Waals surface area contributed by atoms with E-state index in [4.69, 9.17) is 20.2 Å². The van der Waals surface area contributed by atoms with Gasteiger partial charge in [0.2, 0.25) is 5.88 Å². The Morgan fingerprint density at radius 3 is 2.57 bits per heavy atom. The molecule has 49 heavy (non-hydrogen) atoms. The van der Waals surface area contributed by atoms with E-state index in [2.05, 4.69) is 25.1 Å². The predicted octanol–water partition coefficient (Wildman–Crippen LogP) is 6.08. The van der Waals surface area contributed by atoms with Crippen LogP contribution in [-0.4, -0.2) is 76.9 Å². The number of alkyl halides is 3. The van der Waals surface area contributed by atoms with E-state index in [1.54, 1.807) is 0 Å². The first-order chi connectivity index (χ1) is 23.4. The molecule has 1 aliphatic carbocycles. The summed E-state index contributed by atoms with van der Waals surface area (Å²) >= 11 is 0. The second kappa shape index (κ2) is 11.6. The van der Waals surface area contributed by atoms with E-state index in [0.717, 1.165) is 63.9 Å². The smallest absolute Gasteiger partial charge is 0.417 e. The number of halogens is 6. The van der Waals surface area contributed by atoms with Gasteiger partial charge in [-0.1, -0.05) is 0 Å². The maximum atomic E-state index is 16.8. The van der Waals surface area contributed by atoms with Crippen molar-refractivity contribution in [1.29, 1.82) is 0 Å². The summed E-state index contributed by atoms with van der Waals surface area (Å²) in [4.78, 5) is 18.0. The Bertz CT molecular complexity index is 1860. The molecule has 1 aromatic carbocycles. The van der Waals surface area contributed by atoms with Gasteiger partial charge in [-0.05, 0) is 69.6 Å². The summed E-state index contributed by atoms with van der Waals surface area (Å²) in [6.07, 6.45) is 0.105. The predicted molar refractivity (Wildman–Crippen MR) is 170 cm³/mol. The zero-order valence-electron chi connectivity index (χ0n) is 27.1. The van der Waals surface area contributed by atoms with Gasteiger partial charge >= 0.3 is 12.2 Å². The molecule has 0 spiro atoms. The highest BCUT2D eigenvalue weighted by Gasteiger charge is 2.48. The molecule has 3 saturated heterocycles. The Morgan fingerprint density at radius 1 is 1.12 bits per heavy atom. The number of hydrogen-bond acceptors (Lipinski definition) is 9. The molecule has 0 radical (unpaired) electrons. The average molecular weight is 690 g/mol. The molecule has 6 heterocycles. The number of hydrogen-bond donors (Lipinski definition) is 2. The average Bonchev–Trinajstić information content (AvgIpc) is 3.76. The van der Waals surface area contributed by atoms with Crippen LogP contribution < -0.4 is 25.4 Å². The van der Waals surface area contributed by atoms with E-state index >= 15 is 4.39 Å². The van der Waals surface area contributed by atoms with Crippen LogP contribution in [0.3, 0.4) is 0 Å². The lowest BCUT2D eigenvalue weighted by Gasteiger charge is -2.42. The van der Waals surface area contributed by atoms with Gasteiger partial charge in [-0.3, -0.25) is 0 Å². The lowest BCUT2D eigenvalue weighted by Crippen LogP contribution is -2.62. The standard InChI is InChI=1S/C34H37F6N7O2/c1-16-24(34(38,39)40)20(11-21(41)25(16)36)27-26(37)28-23-30(47-13-19-3-4-22(42-19)29(47)17(2)49-31(23)43-27)45-32(44-28)48-15-33(7-8-33)14-46-9-5-18(12-35)6-10-46/h11-12,17,19,22,29,42H,3-10,13-15,41H2,1-2H3/t17-,19+,22-,29+/m0/s1. The summed E-state index contributed by atoms with van der Waals surface area (Å²) in [5.74, 6) is -2.16. The summed E-state index contributed by atoms with van der Waals surface area (Å²) in [7, 11) is 0. The van der Waals surface area contributed by atoms with Gasteiger partial charge in [-0.15, -0.1) is 0 Å². The number of benzene rings is 1. The normalized spacial score (nSPS) is 26.0. The van der Waals surface area contributed by atoms with Gasteiger partial charge in [0.25, 0.3) is 0 Å². The minimum Gasteiger partial charge on any atom is -0.472 e. The third-order valence-corrected chi connectivity index (χ3v) is 11.0. The third kappa shape index (κ3) is 5.53. The number of nitrogens with zero attached hydrogens (tertiary/aromatic N) is 5. The Labute approximate surface area is 278 Å². The topological polar surface area (TPSA) is 102 Å². The van der Waals surface area contributed by atoms with Gasteiger partial charge in [0.1, 0.15) is 34.3 Å². The molecule has 3 aromatic rings. The van der Waals surface area contributed by atoms with Gasteiger partial charge in [0.05, 0.1) is 30.2 Å². The van der Waals surface area contributed by atoms with Crippen molar-refractivity contribution in [2.45, 2.75) is 82.8 Å². The molecule has 2 bridgehead atoms. The minimum absolute atomic E-state index is 0.0326. The molecule has 3 N–H and O–H groups in total. The molecule has 9 nitrogen and oxygen atoms in total. The number of aromatic nitrogens is 3. The van der Waals surface area contributed by atoms with Crippen molar-refractivity contribution in [2.75, 3.05) is 43.4 Å². The first-order valence-corrected chi connectivity index (χ1v) is 16.8. The van der Waals surface area contributed by atoms with Gasteiger partial charge in [-0.2, -0.15) is 23.1 Å². The van der Waals surface area contributed by atoms with E-state index in [9.17, 15) is 22.0 Å². The number of piperidine rings is 1. The van der Waals surface area contributed by atoms with E-state index in [-0.39, 0.29) is 52.9 Å². The highest BCUT2D eigenvalue weighted by atomic mass is 19.4. The highest BCUT2D eigenvalue weighted by Crippen LogP contribution is 2.49. The minimum atomic E-state index is -5.05. The van der Waals surface area contributed by atoms with Crippen molar-refractivity contribution in [2.24, 2.45) is 5.41 Å². The van der Waals surface area contributed by atoms with Crippen LogP contribution in [0.25, 0.3) is 22.2 Å². The van der Waals surface area contributed by atoms with Crippen LogP contribution in [0.2, 0.25) is 0 Å². The van der Waals surface area contributed by atoms with Crippen LogP contribution >= 0.6 is 0 Å². The SMILES string of the molecule is Cc1c(F)c(N)cc(-c2nc3c4c(nc(OCC5(CN6CCC(=CF)CC6)CC5)nc4c2F)N2C[C@H]4CC[C@H](N4)[C@H]2[C@H](C)O3)c1C(F)(F)F. The number of nitrogen functional groups attached to an aromatic ring is 1. The molecule has 0 unspecified atom stereocenters. The summed E-state index contributed by atoms with van der Waals surface area (Å²) in [6, 6.07) is 0.599. The van der Waals surface area contributed by atoms with Gasteiger partial charge in [0, 0.05) is 49.2 Å². The summed E-state index contributed by atoms with van der Waals surface area (Å²) in [5, 5.41) is 3.75. The molecular weight excluding hydrogens is 652 g/mol. The fourth-order valence-corrected chi connectivity index (χ4v) is 8.23. The fraction of sp³-hybridized carbons (Fsp3) is 0.559. The first-order valence-electron chi connectivity index (χ1n) is 16.8. The number of rotatable bonds is 6. The Morgan fingerprint density at radius 2 is 1.88 bits per heavy atom. The van der Waals surface area contributed by atoms with Crippen LogP contribution in [0, 0.1) is 24.0 Å². The molecule has 1 saturated carbocycles. The molecular formula is C34H37F6N7O2. The van der Waals surface area contributed by atoms with Crippen LogP contribution in [0.4, 0.5) is 37.8 Å². The number of nitrogens with two attached hydrogens (primary N) is 1. The number of anilines is 2. The molecule has 262 valence electrons. The lowest BCUT2D eigenvalue weighted by atomic mass is 9.96. The van der Waals surface area contributed by atoms with Gasteiger partial charge in [-0.25, -0.2) is 18.2 Å². The van der Waals surface area contributed by atoms with Crippen LogP contribution in [0.15, 0.2) is 18.0 Å². The van der Waals surface area contributed by atoms with Crippen molar-refractivity contribution in [3.63, 3.8) is 0 Å². The van der Waals surface area contributed by atoms with E-state index in [1.165, 1.54) is 0 Å². The summed E-state index contributed by atoms with van der Waals surface area (Å²) in [5.41, 5.74) is 1.96. The highest BCUT2D eigenvalue weighted by molar-refractivity contribution is 5.97. The molecule has 4 fully saturated rings. The van der Waals surface area contributed by atoms with Crippen LogP contribution in [-0.2, 0) is 6.18 Å². The number of piperazine rings is 1. The zero-order chi connectivity index (χ0) is 34.4. The fourth-order valence-electron chi connectivity index (χ4n) is 8.23. The van der Waals surface area contributed by atoms with Gasteiger partial charge in [0.15, 0.2) is 5.82 Å². The number of pyridine rings is 1. The van der Waals surface area contributed by atoms with E-state index in [0.29, 0.717) is 31.5 Å². The van der Waals surface area contributed by atoms with Gasteiger partial charge < -0.3 is 30.3 Å². The first kappa shape index (κ1) is 32.4. The quantitative estimate of drug-likeness (QED) is 0.236. The van der Waals surface area contributed by atoms with Crippen molar-refractivity contribution in [3.05, 3.63) is 40.7 Å². The Hall–Kier alpha value is -3.85. The number of fused-ring (bicyclic) bond motifs is 5. The Kier molecular flexibility index (Phi) is 7.67. The van der Waals surface area contributed by atoms with Crippen molar-refractivity contribution in [3.8, 4) is 23.1 Å². The molecule has 5 aliphatic rings. The van der Waals surface area contributed by atoms with Crippen molar-refractivity contribution in [1.82, 2.24) is 25.2 Å². The second-order valence-electron chi connectivity index (χ2n) is 14.3. The molecule has 4 aliphatic heterocycles. The number of ether oxygens (including phenoxy) is 2. The van der Waals surface area contributed by atoms with E-state index in [1.807, 2.05) is 6.92 Å². The van der Waals surface area contributed by atoms with Crippen molar-refractivity contribution < 1.29 is 35.8 Å². The monoisotopic (exact) mass is 689 g/mol. The van der Waals surface area contributed by atoms with Crippen molar-refractivity contribution >= 4 is 22.4 Å². The third-order valence-electron chi connectivity index (χ3n) is 11.0. The molecule has 15 heteroatoms. The summed E-state index contributed by atoms with van der Waals surface area (Å²) < 4.78 is 100.